The Balaban J connectivity index is 2.06. The van der Waals surface area contributed by atoms with Crippen molar-refractivity contribution in [1.29, 1.82) is 0 Å². The van der Waals surface area contributed by atoms with Crippen molar-refractivity contribution in [3.63, 3.8) is 0 Å². The second-order valence-electron chi connectivity index (χ2n) is 5.09. The Bertz CT molecular complexity index is 491. The molecule has 1 aromatic rings. The zero-order chi connectivity index (χ0) is 14.6. The van der Waals surface area contributed by atoms with E-state index in [1.807, 2.05) is 0 Å². The standard InChI is InChI=1S/C12H19N5O3/c1-17-10(13-8-14-17)15-11(20)16-12(9(18)19)6-4-2-3-5-7-12/h8H,2-7H2,1H3,(H,18,19)(H2,13,14,15,16,20). The molecule has 8 heteroatoms. The van der Waals surface area contributed by atoms with Gasteiger partial charge >= 0.3 is 12.0 Å². The number of aliphatic carboxylic acids is 1. The van der Waals surface area contributed by atoms with Crippen LogP contribution in [0.25, 0.3) is 0 Å². The number of nitrogens with zero attached hydrogens (tertiary/aromatic N) is 3. The SMILES string of the molecule is Cn1ncnc1NC(=O)NC1(C(=O)O)CCCCCC1. The molecule has 0 saturated heterocycles. The van der Waals surface area contributed by atoms with Gasteiger partial charge in [0.1, 0.15) is 11.9 Å². The van der Waals surface area contributed by atoms with Crippen molar-refractivity contribution >= 4 is 17.9 Å². The number of hydrogen-bond donors (Lipinski definition) is 3. The highest BCUT2D eigenvalue weighted by atomic mass is 16.4. The summed E-state index contributed by atoms with van der Waals surface area (Å²) in [7, 11) is 1.64. The second kappa shape index (κ2) is 5.89. The summed E-state index contributed by atoms with van der Waals surface area (Å²) in [6.45, 7) is 0. The van der Waals surface area contributed by atoms with Crippen LogP contribution in [0.5, 0.6) is 0 Å². The van der Waals surface area contributed by atoms with Crippen molar-refractivity contribution in [1.82, 2.24) is 20.1 Å². The fourth-order valence-corrected chi connectivity index (χ4v) is 2.48. The quantitative estimate of drug-likeness (QED) is 0.719. The molecule has 0 unspecified atom stereocenters. The Morgan fingerprint density at radius 3 is 2.45 bits per heavy atom. The predicted octanol–water partition coefficient (Wildman–Crippen LogP) is 1.11. The highest BCUT2D eigenvalue weighted by Crippen LogP contribution is 2.27. The average Bonchev–Trinajstić information content (AvgIpc) is 2.66. The zero-order valence-electron chi connectivity index (χ0n) is 11.4. The van der Waals surface area contributed by atoms with Crippen molar-refractivity contribution in [2.75, 3.05) is 5.32 Å². The zero-order valence-corrected chi connectivity index (χ0v) is 11.4. The van der Waals surface area contributed by atoms with Gasteiger partial charge in [0, 0.05) is 7.05 Å². The molecule has 0 radical (unpaired) electrons. The van der Waals surface area contributed by atoms with Gasteiger partial charge in [-0.3, -0.25) is 5.32 Å². The van der Waals surface area contributed by atoms with Crippen molar-refractivity contribution in [2.45, 2.75) is 44.1 Å². The first-order valence-corrected chi connectivity index (χ1v) is 6.70. The molecular formula is C12H19N5O3. The number of carboxylic acids is 1. The van der Waals surface area contributed by atoms with Crippen LogP contribution < -0.4 is 10.6 Å². The number of amides is 2. The molecule has 0 bridgehead atoms. The molecule has 0 atom stereocenters. The van der Waals surface area contributed by atoms with Crippen LogP contribution in [0.15, 0.2) is 6.33 Å². The topological polar surface area (TPSA) is 109 Å². The molecule has 20 heavy (non-hydrogen) atoms. The van der Waals surface area contributed by atoms with E-state index in [1.54, 1.807) is 7.05 Å². The molecule has 1 saturated carbocycles. The normalized spacial score (nSPS) is 18.1. The van der Waals surface area contributed by atoms with Crippen LogP contribution in [-0.2, 0) is 11.8 Å². The molecule has 0 spiro atoms. The van der Waals surface area contributed by atoms with Crippen molar-refractivity contribution in [3.05, 3.63) is 6.33 Å². The molecule has 110 valence electrons. The molecule has 0 aromatic carbocycles. The molecule has 2 rings (SSSR count). The molecule has 1 fully saturated rings. The van der Waals surface area contributed by atoms with Crippen molar-refractivity contribution < 1.29 is 14.7 Å². The first-order chi connectivity index (χ1) is 9.53. The number of carbonyl (C=O) groups is 2. The van der Waals surface area contributed by atoms with Gasteiger partial charge < -0.3 is 10.4 Å². The summed E-state index contributed by atoms with van der Waals surface area (Å²) in [6, 6.07) is -0.564. The summed E-state index contributed by atoms with van der Waals surface area (Å²) in [6.07, 6.45) is 5.83. The maximum atomic E-state index is 12.0. The van der Waals surface area contributed by atoms with Crippen LogP contribution >= 0.6 is 0 Å². The lowest BCUT2D eigenvalue weighted by Crippen LogP contribution is -2.55. The fraction of sp³-hybridized carbons (Fsp3) is 0.667. The lowest BCUT2D eigenvalue weighted by Gasteiger charge is -2.29. The van der Waals surface area contributed by atoms with Gasteiger partial charge in [-0.15, -0.1) is 0 Å². The summed E-state index contributed by atoms with van der Waals surface area (Å²) in [5, 5.41) is 18.4. The number of hydrogen-bond acceptors (Lipinski definition) is 4. The molecule has 8 nitrogen and oxygen atoms in total. The maximum absolute atomic E-state index is 12.0. The predicted molar refractivity (Wildman–Crippen MR) is 71.2 cm³/mol. The van der Waals surface area contributed by atoms with Gasteiger partial charge in [0.15, 0.2) is 0 Å². The number of rotatable bonds is 3. The van der Waals surface area contributed by atoms with Crippen LogP contribution in [0.3, 0.4) is 0 Å². The molecule has 0 aliphatic heterocycles. The van der Waals surface area contributed by atoms with Crippen molar-refractivity contribution in [3.8, 4) is 0 Å². The van der Waals surface area contributed by atoms with Gasteiger partial charge in [-0.05, 0) is 12.8 Å². The molecular weight excluding hydrogens is 262 g/mol. The molecule has 2 amide bonds. The summed E-state index contributed by atoms with van der Waals surface area (Å²) < 4.78 is 1.40. The van der Waals surface area contributed by atoms with Crippen LogP contribution in [0.2, 0.25) is 0 Å². The summed E-state index contributed by atoms with van der Waals surface area (Å²) >= 11 is 0. The Kier molecular flexibility index (Phi) is 4.21. The minimum Gasteiger partial charge on any atom is -0.480 e. The number of aromatic nitrogens is 3. The van der Waals surface area contributed by atoms with Gasteiger partial charge in [0.05, 0.1) is 0 Å². The Labute approximate surface area is 116 Å². The number of urea groups is 1. The van der Waals surface area contributed by atoms with E-state index < -0.39 is 17.5 Å². The van der Waals surface area contributed by atoms with Crippen LogP contribution in [0.4, 0.5) is 10.7 Å². The molecule has 1 aromatic heterocycles. The van der Waals surface area contributed by atoms with E-state index in [4.69, 9.17) is 0 Å². The highest BCUT2D eigenvalue weighted by molar-refractivity contribution is 5.92. The average molecular weight is 281 g/mol. The highest BCUT2D eigenvalue weighted by Gasteiger charge is 2.40. The molecule has 1 aliphatic rings. The van der Waals surface area contributed by atoms with Gasteiger partial charge in [0.25, 0.3) is 0 Å². The lowest BCUT2D eigenvalue weighted by molar-refractivity contribution is -0.145. The third kappa shape index (κ3) is 3.06. The van der Waals surface area contributed by atoms with E-state index in [0.29, 0.717) is 12.8 Å². The van der Waals surface area contributed by atoms with Gasteiger partial charge in [-0.1, -0.05) is 25.7 Å². The first-order valence-electron chi connectivity index (χ1n) is 6.70. The van der Waals surface area contributed by atoms with Gasteiger partial charge in [0.2, 0.25) is 5.95 Å². The number of anilines is 1. The molecule has 1 heterocycles. The lowest BCUT2D eigenvalue weighted by atomic mass is 9.90. The third-order valence-electron chi connectivity index (χ3n) is 3.66. The summed E-state index contributed by atoms with van der Waals surface area (Å²) in [4.78, 5) is 27.4. The Morgan fingerprint density at radius 1 is 1.30 bits per heavy atom. The summed E-state index contributed by atoms with van der Waals surface area (Å²) in [5.41, 5.74) is -1.18. The fourth-order valence-electron chi connectivity index (χ4n) is 2.48. The van der Waals surface area contributed by atoms with Gasteiger partial charge in [-0.2, -0.15) is 10.1 Å². The van der Waals surface area contributed by atoms with E-state index in [-0.39, 0.29) is 5.95 Å². The molecule has 3 N–H and O–H groups in total. The summed E-state index contributed by atoms with van der Waals surface area (Å²) in [5.74, 6) is -0.704. The molecule has 1 aliphatic carbocycles. The minimum atomic E-state index is -1.18. The van der Waals surface area contributed by atoms with E-state index in [1.165, 1.54) is 11.0 Å². The smallest absolute Gasteiger partial charge is 0.329 e. The number of carbonyl (C=O) groups excluding carboxylic acids is 1. The number of nitrogens with one attached hydrogen (secondary N) is 2. The number of aryl methyl sites for hydroxylation is 1. The second-order valence-corrected chi connectivity index (χ2v) is 5.09. The Morgan fingerprint density at radius 2 is 1.95 bits per heavy atom. The van der Waals surface area contributed by atoms with Crippen LogP contribution in [0.1, 0.15) is 38.5 Å². The maximum Gasteiger partial charge on any atom is 0.329 e. The minimum absolute atomic E-state index is 0.275. The van der Waals surface area contributed by atoms with Crippen LogP contribution in [-0.4, -0.2) is 37.4 Å². The van der Waals surface area contributed by atoms with E-state index >= 15 is 0 Å². The van der Waals surface area contributed by atoms with Crippen molar-refractivity contribution in [2.24, 2.45) is 7.05 Å². The monoisotopic (exact) mass is 281 g/mol. The Hall–Kier alpha value is -2.12. The van der Waals surface area contributed by atoms with Gasteiger partial charge in [-0.25, -0.2) is 14.3 Å². The van der Waals surface area contributed by atoms with E-state index in [9.17, 15) is 14.7 Å². The largest absolute Gasteiger partial charge is 0.480 e. The van der Waals surface area contributed by atoms with E-state index in [0.717, 1.165) is 25.7 Å². The van der Waals surface area contributed by atoms with E-state index in [2.05, 4.69) is 20.7 Å². The number of carboxylic acid groups (broad SMARTS) is 1. The third-order valence-corrected chi connectivity index (χ3v) is 3.66. The first kappa shape index (κ1) is 14.3. The van der Waals surface area contributed by atoms with Crippen LogP contribution in [0, 0.1) is 0 Å².